The number of para-hydroxylation sites is 4. The van der Waals surface area contributed by atoms with E-state index in [1.807, 2.05) is 0 Å². The van der Waals surface area contributed by atoms with Crippen LogP contribution in [0.2, 0.25) is 0 Å². The summed E-state index contributed by atoms with van der Waals surface area (Å²) in [5.41, 5.74) is 23.0. The van der Waals surface area contributed by atoms with E-state index >= 15 is 0 Å². The molecular formula is C83H62N2O2. The number of nitrogens with zero attached hydrogens (tertiary/aromatic N) is 2. The first kappa shape index (κ1) is 51.9. The Bertz CT molecular complexity index is 5010. The molecule has 0 saturated heterocycles. The van der Waals surface area contributed by atoms with Crippen LogP contribution in [0, 0.1) is 0 Å². The molecule has 87 heavy (non-hydrogen) atoms. The van der Waals surface area contributed by atoms with Crippen molar-refractivity contribution in [3.63, 3.8) is 0 Å². The van der Waals surface area contributed by atoms with Gasteiger partial charge in [-0.2, -0.15) is 0 Å². The molecule has 0 unspecified atom stereocenters. The molecule has 0 fully saturated rings. The van der Waals surface area contributed by atoms with Crippen LogP contribution in [0.3, 0.4) is 0 Å². The Labute approximate surface area is 507 Å². The van der Waals surface area contributed by atoms with E-state index < -0.39 is 5.41 Å². The summed E-state index contributed by atoms with van der Waals surface area (Å²) in [5.74, 6) is 0. The minimum absolute atomic E-state index is 0.804. The highest BCUT2D eigenvalue weighted by atomic mass is 16.3. The summed E-state index contributed by atoms with van der Waals surface area (Å²) < 4.78 is 14.6. The molecule has 0 spiro atoms. The average molecular weight is 1120 g/mol. The highest BCUT2D eigenvalue weighted by molar-refractivity contribution is 6.17. The molecule has 15 aromatic rings. The zero-order chi connectivity index (χ0) is 58.0. The second-order valence-corrected chi connectivity index (χ2v) is 23.2. The minimum atomic E-state index is -0.804. The third-order valence-corrected chi connectivity index (χ3v) is 18.1. The molecule has 0 radical (unpaired) electrons. The van der Waals surface area contributed by atoms with Gasteiger partial charge in [0.2, 0.25) is 0 Å². The van der Waals surface area contributed by atoms with Gasteiger partial charge in [0.25, 0.3) is 0 Å². The number of hydrogen-bond donors (Lipinski definition) is 0. The Morgan fingerprint density at radius 1 is 0.299 bits per heavy atom. The van der Waals surface area contributed by atoms with Crippen LogP contribution in [0.25, 0.3) is 88.0 Å². The molecule has 4 heteroatoms. The van der Waals surface area contributed by atoms with Gasteiger partial charge in [-0.15, -0.1) is 0 Å². The number of rotatable bonds is 14. The maximum atomic E-state index is 7.33. The van der Waals surface area contributed by atoms with Crippen LogP contribution in [-0.2, 0) is 18.3 Å². The predicted molar refractivity (Wildman–Crippen MR) is 364 cm³/mol. The maximum absolute atomic E-state index is 7.33. The van der Waals surface area contributed by atoms with E-state index in [4.69, 9.17) is 8.83 Å². The Morgan fingerprint density at radius 3 is 1.22 bits per heavy atom. The number of furan rings is 2. The molecule has 0 saturated carbocycles. The topological polar surface area (TPSA) is 32.8 Å². The molecule has 4 nitrogen and oxygen atoms in total. The van der Waals surface area contributed by atoms with Gasteiger partial charge in [0, 0.05) is 55.1 Å². The van der Waals surface area contributed by atoms with Crippen LogP contribution in [0.4, 0.5) is 34.1 Å². The fourth-order valence-electron chi connectivity index (χ4n) is 14.3. The molecule has 1 aliphatic carbocycles. The monoisotopic (exact) mass is 1120 g/mol. The van der Waals surface area contributed by atoms with Crippen molar-refractivity contribution in [3.05, 3.63) is 325 Å². The van der Waals surface area contributed by atoms with Crippen molar-refractivity contribution in [2.75, 3.05) is 9.80 Å². The molecule has 2 heterocycles. The van der Waals surface area contributed by atoms with Gasteiger partial charge >= 0.3 is 0 Å². The van der Waals surface area contributed by atoms with E-state index in [0.717, 1.165) is 131 Å². The molecule has 0 aliphatic heterocycles. The quantitative estimate of drug-likeness (QED) is 0.109. The zero-order valence-corrected chi connectivity index (χ0v) is 48.8. The summed E-state index contributed by atoms with van der Waals surface area (Å²) in [4.78, 5) is 4.90. The normalized spacial score (nSPS) is 12.5. The lowest BCUT2D eigenvalue weighted by Gasteiger charge is -2.36. The Kier molecular flexibility index (Phi) is 12.8. The molecular weight excluding hydrogens is 1060 g/mol. The third-order valence-electron chi connectivity index (χ3n) is 18.1. The van der Waals surface area contributed by atoms with Crippen LogP contribution < -0.4 is 9.80 Å². The van der Waals surface area contributed by atoms with Crippen molar-refractivity contribution in [2.24, 2.45) is 0 Å². The molecule has 0 atom stereocenters. The first-order valence-corrected chi connectivity index (χ1v) is 30.7. The van der Waals surface area contributed by atoms with Crippen molar-refractivity contribution in [1.82, 2.24) is 0 Å². The van der Waals surface area contributed by atoms with E-state index in [9.17, 15) is 0 Å². The largest absolute Gasteiger partial charge is 0.453 e. The summed E-state index contributed by atoms with van der Waals surface area (Å²) in [6.45, 7) is 4.50. The molecule has 2 aromatic heterocycles. The Hall–Kier alpha value is -10.7. The Morgan fingerprint density at radius 2 is 0.713 bits per heavy atom. The lowest BCUT2D eigenvalue weighted by Crippen LogP contribution is -2.29. The Balaban J connectivity index is 0.975. The van der Waals surface area contributed by atoms with Crippen molar-refractivity contribution < 1.29 is 8.83 Å². The minimum Gasteiger partial charge on any atom is -0.453 e. The van der Waals surface area contributed by atoms with Gasteiger partial charge in [-0.05, 0) is 128 Å². The van der Waals surface area contributed by atoms with Gasteiger partial charge in [-0.1, -0.05) is 263 Å². The molecule has 416 valence electrons. The van der Waals surface area contributed by atoms with Crippen LogP contribution in [0.1, 0.15) is 60.1 Å². The summed E-state index contributed by atoms with van der Waals surface area (Å²) in [7, 11) is 0. The smallest absolute Gasteiger partial charge is 0.159 e. The second kappa shape index (κ2) is 21.4. The van der Waals surface area contributed by atoms with E-state index in [1.165, 1.54) is 49.9 Å². The third kappa shape index (κ3) is 8.42. The van der Waals surface area contributed by atoms with Crippen LogP contribution in [0.15, 0.2) is 300 Å². The highest BCUT2D eigenvalue weighted by Gasteiger charge is 2.48. The zero-order valence-electron chi connectivity index (χ0n) is 48.8. The van der Waals surface area contributed by atoms with Crippen molar-refractivity contribution in [1.29, 1.82) is 0 Å². The lowest BCUT2D eigenvalue weighted by atomic mass is 9.67. The molecule has 16 rings (SSSR count). The SMILES string of the molecule is CCCc1ccc(N(c2ccc3c(c2)C(c2ccccc2)(c2ccccc2)c2cc(N(c4ccc(CCC)cc4)c4cccc5c4oc4c(-c6ccccc6)cccc45)c4ccccc4c2-3)c2cccc3c2oc2c(-c4ccccc4)cccc23)cc1. The van der Waals surface area contributed by atoms with Gasteiger partial charge < -0.3 is 18.6 Å². The molecule has 0 N–H and O–H groups in total. The molecule has 0 amide bonds. The molecule has 13 aromatic carbocycles. The number of fused-ring (bicyclic) bond motifs is 11. The van der Waals surface area contributed by atoms with E-state index in [2.05, 4.69) is 315 Å². The number of aryl methyl sites for hydroxylation is 2. The van der Waals surface area contributed by atoms with Crippen molar-refractivity contribution >= 4 is 88.8 Å². The fourth-order valence-corrected chi connectivity index (χ4v) is 14.3. The predicted octanol–water partition coefficient (Wildman–Crippen LogP) is 23.2. The summed E-state index contributed by atoms with van der Waals surface area (Å²) in [6.07, 6.45) is 4.15. The number of benzene rings is 13. The maximum Gasteiger partial charge on any atom is 0.159 e. The van der Waals surface area contributed by atoms with E-state index in [0.29, 0.717) is 0 Å². The second-order valence-electron chi connectivity index (χ2n) is 23.2. The van der Waals surface area contributed by atoms with Gasteiger partial charge in [-0.25, -0.2) is 0 Å². The standard InChI is InChI=1S/C83H62N2O2/c1-3-23-55-43-47-61(48-44-55)84(75-41-21-39-70-68-37-19-35-64(79(68)86-81(70)75)57-25-9-5-10-26-57)63-51-52-72-73(53-63)83(59-29-13-7-14-30-59,60-31-15-8-16-32-60)74-54-77(66-33-17-18-34-67(66)78(72)74)85(62-49-45-56(24-4-2)46-50-62)76-42-22-40-71-69-38-20-36-65(80(69)87-82(71)76)58-27-11-6-12-28-58/h5-22,25-54H,3-4,23-24H2,1-2H3. The van der Waals surface area contributed by atoms with Gasteiger partial charge in [0.1, 0.15) is 11.2 Å². The van der Waals surface area contributed by atoms with Crippen LogP contribution in [0.5, 0.6) is 0 Å². The number of anilines is 6. The summed E-state index contributed by atoms with van der Waals surface area (Å²) >= 11 is 0. The first-order valence-electron chi connectivity index (χ1n) is 30.7. The highest BCUT2D eigenvalue weighted by Crippen LogP contribution is 2.61. The average Bonchev–Trinajstić information content (AvgIpc) is 1.63. The number of hydrogen-bond acceptors (Lipinski definition) is 4. The molecule has 0 bridgehead atoms. The van der Waals surface area contributed by atoms with Gasteiger partial charge in [0.15, 0.2) is 11.2 Å². The lowest BCUT2D eigenvalue weighted by molar-refractivity contribution is 0.670. The fraction of sp³-hybridized carbons (Fsp3) is 0.0843. The summed E-state index contributed by atoms with van der Waals surface area (Å²) in [6, 6.07) is 107. The van der Waals surface area contributed by atoms with Gasteiger partial charge in [0.05, 0.1) is 22.5 Å². The first-order chi connectivity index (χ1) is 43.1. The molecule has 1 aliphatic rings. The summed E-state index contributed by atoms with van der Waals surface area (Å²) in [5, 5.41) is 6.63. The van der Waals surface area contributed by atoms with Crippen LogP contribution >= 0.6 is 0 Å². The van der Waals surface area contributed by atoms with Crippen LogP contribution in [-0.4, -0.2) is 0 Å². The van der Waals surface area contributed by atoms with Crippen molar-refractivity contribution in [3.8, 4) is 33.4 Å². The van der Waals surface area contributed by atoms with Crippen molar-refractivity contribution in [2.45, 2.75) is 44.9 Å². The van der Waals surface area contributed by atoms with E-state index in [1.54, 1.807) is 0 Å². The van der Waals surface area contributed by atoms with Gasteiger partial charge in [-0.3, -0.25) is 0 Å². The van der Waals surface area contributed by atoms with E-state index in [-0.39, 0.29) is 0 Å².